The summed E-state index contributed by atoms with van der Waals surface area (Å²) in [5.41, 5.74) is -0.0995. The highest BCUT2D eigenvalue weighted by Gasteiger charge is 2.25. The second kappa shape index (κ2) is 4.27. The molecule has 0 heterocycles. The second-order valence-corrected chi connectivity index (χ2v) is 5.52. The molecular formula is C8H16O5S. The van der Waals surface area contributed by atoms with Gasteiger partial charge in [-0.1, -0.05) is 27.7 Å². The Morgan fingerprint density at radius 1 is 1.43 bits per heavy atom. The van der Waals surface area contributed by atoms with Crippen molar-refractivity contribution in [3.63, 3.8) is 0 Å². The highest BCUT2D eigenvalue weighted by Crippen LogP contribution is 2.24. The summed E-state index contributed by atoms with van der Waals surface area (Å²) in [5.74, 6) is -1.49. The minimum atomic E-state index is -4.67. The maximum atomic E-state index is 11.1. The molecule has 5 nitrogen and oxygen atoms in total. The van der Waals surface area contributed by atoms with Gasteiger partial charge in [-0.3, -0.25) is 9.35 Å². The van der Waals surface area contributed by atoms with Crippen LogP contribution < -0.4 is 0 Å². The quantitative estimate of drug-likeness (QED) is 0.733. The Bertz CT molecular complexity index is 298. The SMILES string of the molecule is CC(CC(C)(C)C)C(=O)OS(=O)(=O)O. The van der Waals surface area contributed by atoms with Crippen molar-refractivity contribution in [1.82, 2.24) is 0 Å². The van der Waals surface area contributed by atoms with E-state index in [0.717, 1.165) is 0 Å². The Morgan fingerprint density at radius 3 is 2.14 bits per heavy atom. The van der Waals surface area contributed by atoms with Crippen LogP contribution in [0.1, 0.15) is 34.1 Å². The molecule has 84 valence electrons. The van der Waals surface area contributed by atoms with Crippen LogP contribution in [0.4, 0.5) is 0 Å². The molecule has 0 aliphatic heterocycles. The number of carbonyl (C=O) groups is 1. The van der Waals surface area contributed by atoms with E-state index in [1.54, 1.807) is 6.92 Å². The average molecular weight is 224 g/mol. The lowest BCUT2D eigenvalue weighted by Crippen LogP contribution is -2.23. The molecule has 1 unspecified atom stereocenters. The lowest BCUT2D eigenvalue weighted by Gasteiger charge is -2.21. The van der Waals surface area contributed by atoms with Gasteiger partial charge in [-0.25, -0.2) is 0 Å². The van der Waals surface area contributed by atoms with Gasteiger partial charge in [0.25, 0.3) is 0 Å². The molecule has 0 spiro atoms. The predicted molar refractivity (Wildman–Crippen MR) is 50.9 cm³/mol. The van der Waals surface area contributed by atoms with Gasteiger partial charge >= 0.3 is 16.4 Å². The van der Waals surface area contributed by atoms with Crippen molar-refractivity contribution in [3.05, 3.63) is 0 Å². The Hall–Kier alpha value is -0.620. The summed E-state index contributed by atoms with van der Waals surface area (Å²) in [4.78, 5) is 11.1. The fraction of sp³-hybridized carbons (Fsp3) is 0.875. The molecule has 1 N–H and O–H groups in total. The monoisotopic (exact) mass is 224 g/mol. The van der Waals surface area contributed by atoms with E-state index in [1.807, 2.05) is 20.8 Å². The van der Waals surface area contributed by atoms with Gasteiger partial charge < -0.3 is 4.18 Å². The first kappa shape index (κ1) is 13.4. The second-order valence-electron chi connectivity index (χ2n) is 4.50. The summed E-state index contributed by atoms with van der Waals surface area (Å²) < 4.78 is 32.5. The predicted octanol–water partition coefficient (Wildman–Crippen LogP) is 1.40. The molecule has 0 aromatic rings. The Morgan fingerprint density at radius 2 is 1.86 bits per heavy atom. The van der Waals surface area contributed by atoms with E-state index in [-0.39, 0.29) is 5.41 Å². The smallest absolute Gasteiger partial charge is 0.325 e. The number of hydrogen-bond donors (Lipinski definition) is 1. The molecular weight excluding hydrogens is 208 g/mol. The van der Waals surface area contributed by atoms with E-state index in [9.17, 15) is 13.2 Å². The summed E-state index contributed by atoms with van der Waals surface area (Å²) in [6.07, 6.45) is 0.487. The van der Waals surface area contributed by atoms with E-state index in [4.69, 9.17) is 4.55 Å². The van der Waals surface area contributed by atoms with Crippen LogP contribution in [-0.2, 0) is 19.4 Å². The van der Waals surface area contributed by atoms with E-state index in [0.29, 0.717) is 6.42 Å². The third-order valence-corrected chi connectivity index (χ3v) is 1.88. The Balaban J connectivity index is 4.29. The standard InChI is InChI=1S/C8H16O5S/c1-6(5-8(2,3)4)7(9)13-14(10,11)12/h6H,5H2,1-4H3,(H,10,11,12). The molecule has 0 aliphatic carbocycles. The van der Waals surface area contributed by atoms with Gasteiger partial charge in [-0.05, 0) is 11.8 Å². The zero-order valence-corrected chi connectivity index (χ0v) is 9.59. The van der Waals surface area contributed by atoms with Crippen LogP contribution in [0.2, 0.25) is 0 Å². The highest BCUT2D eigenvalue weighted by atomic mass is 32.3. The van der Waals surface area contributed by atoms with Crippen LogP contribution >= 0.6 is 0 Å². The molecule has 0 saturated heterocycles. The lowest BCUT2D eigenvalue weighted by molar-refractivity contribution is -0.139. The molecule has 6 heteroatoms. The number of carbonyl (C=O) groups excluding carboxylic acids is 1. The first-order valence-corrected chi connectivity index (χ1v) is 5.58. The van der Waals surface area contributed by atoms with Crippen LogP contribution in [0.5, 0.6) is 0 Å². The summed E-state index contributed by atoms with van der Waals surface area (Å²) >= 11 is 0. The lowest BCUT2D eigenvalue weighted by atomic mass is 9.86. The maximum absolute atomic E-state index is 11.1. The van der Waals surface area contributed by atoms with Gasteiger partial charge in [0.2, 0.25) is 0 Å². The molecule has 0 aromatic heterocycles. The van der Waals surface area contributed by atoms with Crippen LogP contribution in [0.15, 0.2) is 0 Å². The Kier molecular flexibility index (Phi) is 4.08. The summed E-state index contributed by atoms with van der Waals surface area (Å²) in [5, 5.41) is 0. The largest absolute Gasteiger partial charge is 0.448 e. The van der Waals surface area contributed by atoms with Crippen molar-refractivity contribution in [3.8, 4) is 0 Å². The van der Waals surface area contributed by atoms with Crippen LogP contribution in [0.25, 0.3) is 0 Å². The average Bonchev–Trinajstić information content (AvgIpc) is 1.78. The molecule has 14 heavy (non-hydrogen) atoms. The topological polar surface area (TPSA) is 80.7 Å². The first-order chi connectivity index (χ1) is 6.01. The molecule has 0 radical (unpaired) electrons. The highest BCUT2D eigenvalue weighted by molar-refractivity contribution is 7.81. The van der Waals surface area contributed by atoms with Crippen molar-refractivity contribution >= 4 is 16.4 Å². The number of hydrogen-bond acceptors (Lipinski definition) is 4. The van der Waals surface area contributed by atoms with Gasteiger partial charge in [0, 0.05) is 0 Å². The van der Waals surface area contributed by atoms with E-state index >= 15 is 0 Å². The Labute approximate surface area is 84.4 Å². The molecule has 0 aromatic carbocycles. The van der Waals surface area contributed by atoms with Gasteiger partial charge in [0.1, 0.15) is 0 Å². The van der Waals surface area contributed by atoms with Crippen LogP contribution in [0, 0.1) is 11.3 Å². The zero-order chi connectivity index (χ0) is 11.6. The fourth-order valence-electron chi connectivity index (χ4n) is 1.19. The molecule has 1 atom stereocenters. The third-order valence-electron chi connectivity index (χ3n) is 1.51. The van der Waals surface area contributed by atoms with Crippen molar-refractivity contribution in [2.24, 2.45) is 11.3 Å². The first-order valence-electron chi connectivity index (χ1n) is 4.22. The van der Waals surface area contributed by atoms with Crippen LogP contribution in [-0.4, -0.2) is 18.9 Å². The molecule has 0 fully saturated rings. The maximum Gasteiger partial charge on any atom is 0.448 e. The molecule has 0 rings (SSSR count). The van der Waals surface area contributed by atoms with Crippen LogP contribution in [0.3, 0.4) is 0 Å². The van der Waals surface area contributed by atoms with Gasteiger partial charge in [-0.15, -0.1) is 0 Å². The van der Waals surface area contributed by atoms with Gasteiger partial charge in [-0.2, -0.15) is 8.42 Å². The molecule has 0 amide bonds. The van der Waals surface area contributed by atoms with Crippen molar-refractivity contribution < 1.29 is 21.9 Å². The summed E-state index contributed by atoms with van der Waals surface area (Å²) in [6, 6.07) is 0. The van der Waals surface area contributed by atoms with E-state index < -0.39 is 22.3 Å². The van der Waals surface area contributed by atoms with Crippen molar-refractivity contribution in [2.75, 3.05) is 0 Å². The number of rotatable bonds is 3. The minimum absolute atomic E-state index is 0.0995. The molecule has 0 saturated carbocycles. The van der Waals surface area contributed by atoms with Crippen molar-refractivity contribution in [1.29, 1.82) is 0 Å². The summed E-state index contributed by atoms with van der Waals surface area (Å²) in [6.45, 7) is 7.32. The fourth-order valence-corrected chi connectivity index (χ4v) is 1.56. The van der Waals surface area contributed by atoms with Gasteiger partial charge in [0.05, 0.1) is 5.92 Å². The minimum Gasteiger partial charge on any atom is -0.325 e. The van der Waals surface area contributed by atoms with Crippen molar-refractivity contribution in [2.45, 2.75) is 34.1 Å². The molecule has 0 bridgehead atoms. The zero-order valence-electron chi connectivity index (χ0n) is 8.77. The molecule has 0 aliphatic rings. The summed E-state index contributed by atoms with van der Waals surface area (Å²) in [7, 11) is -4.67. The van der Waals surface area contributed by atoms with E-state index in [1.165, 1.54) is 0 Å². The third kappa shape index (κ3) is 6.85. The van der Waals surface area contributed by atoms with Gasteiger partial charge in [0.15, 0.2) is 0 Å². The normalized spacial score (nSPS) is 14.9. The van der Waals surface area contributed by atoms with E-state index in [2.05, 4.69) is 4.18 Å².